The van der Waals surface area contributed by atoms with Crippen molar-refractivity contribution in [3.05, 3.63) is 34.9 Å². The fraction of sp³-hybridized carbons (Fsp3) is 0.375. The Hall–Kier alpha value is -1.13. The molecule has 0 saturated heterocycles. The van der Waals surface area contributed by atoms with E-state index in [1.165, 1.54) is 18.6 Å². The number of hydrogen-bond acceptors (Lipinski definition) is 2. The molecule has 0 fully saturated rings. The summed E-state index contributed by atoms with van der Waals surface area (Å²) in [6.45, 7) is 4.25. The third-order valence-electron chi connectivity index (χ3n) is 2.02. The van der Waals surface area contributed by atoms with Gasteiger partial charge in [0.2, 0.25) is 0 Å². The molecule has 1 aromatic rings. The van der Waals surface area contributed by atoms with E-state index in [9.17, 15) is 13.2 Å². The average molecular weight is 459 g/mol. The van der Waals surface area contributed by atoms with Gasteiger partial charge in [-0.2, -0.15) is 0 Å². The van der Waals surface area contributed by atoms with Crippen molar-refractivity contribution in [3.8, 4) is 18.6 Å². The zero-order valence-electron chi connectivity index (χ0n) is 13.2. The molecule has 1 aromatic carbocycles. The van der Waals surface area contributed by atoms with Crippen molar-refractivity contribution in [2.45, 2.75) is 26.6 Å². The molecule has 23 heavy (non-hydrogen) atoms. The molecule has 0 atom stereocenters. The van der Waals surface area contributed by atoms with Crippen LogP contribution in [-0.4, -0.2) is 18.7 Å². The van der Waals surface area contributed by atoms with Crippen molar-refractivity contribution in [1.82, 2.24) is 0 Å². The number of alkyl halides is 4. The van der Waals surface area contributed by atoms with Crippen LogP contribution >= 0.6 is 31.9 Å². The smallest absolute Gasteiger partial charge is 0.406 e. The van der Waals surface area contributed by atoms with Gasteiger partial charge in [-0.15, -0.1) is 26.0 Å². The Bertz CT molecular complexity index is 470. The minimum atomic E-state index is -4.66. The van der Waals surface area contributed by atoms with Crippen molar-refractivity contribution < 1.29 is 17.9 Å². The molecule has 130 valence electrons. The summed E-state index contributed by atoms with van der Waals surface area (Å²) in [5, 5.41) is 0.674. The fourth-order valence-corrected chi connectivity index (χ4v) is 2.30. The largest absolute Gasteiger partial charge is 0.573 e. The summed E-state index contributed by atoms with van der Waals surface area (Å²) in [5.41, 5.74) is 0.744. The van der Waals surface area contributed by atoms with Crippen molar-refractivity contribution in [1.29, 1.82) is 0 Å². The molecule has 0 aliphatic rings. The second-order valence-electron chi connectivity index (χ2n) is 3.99. The molecule has 0 amide bonds. The standard InChI is InChI=1S/C11H10Br2F3NO.C3H8.C2H2/c1-17(10(13)6-7-12)8-2-4-9(5-3-8)18-11(14,15)16;1-3-2;1-2/h2-6H,7H2,1H3;3H2,1-2H3;1-2H/b10-6-;;. The number of halogens is 5. The number of hydrogen-bond donors (Lipinski definition) is 0. The predicted octanol–water partition coefficient (Wildman–Crippen LogP) is 6.32. The summed E-state index contributed by atoms with van der Waals surface area (Å²) in [4.78, 5) is 1.79. The second kappa shape index (κ2) is 13.3. The van der Waals surface area contributed by atoms with Crippen LogP contribution < -0.4 is 9.64 Å². The van der Waals surface area contributed by atoms with E-state index < -0.39 is 6.36 Å². The highest BCUT2D eigenvalue weighted by Gasteiger charge is 2.30. The number of benzene rings is 1. The topological polar surface area (TPSA) is 12.5 Å². The lowest BCUT2D eigenvalue weighted by Gasteiger charge is -2.19. The Labute approximate surface area is 153 Å². The first-order valence-corrected chi connectivity index (χ1v) is 8.51. The normalized spacial score (nSPS) is 10.6. The van der Waals surface area contributed by atoms with Crippen molar-refractivity contribution in [2.75, 3.05) is 17.3 Å². The Morgan fingerprint density at radius 3 is 2.00 bits per heavy atom. The summed E-state index contributed by atoms with van der Waals surface area (Å²) in [5.74, 6) is -0.236. The monoisotopic (exact) mass is 457 g/mol. The lowest BCUT2D eigenvalue weighted by molar-refractivity contribution is -0.274. The van der Waals surface area contributed by atoms with Crippen LogP contribution in [0.15, 0.2) is 34.9 Å². The minimum Gasteiger partial charge on any atom is -0.406 e. The van der Waals surface area contributed by atoms with Crippen molar-refractivity contribution in [3.63, 3.8) is 0 Å². The molecule has 0 aliphatic carbocycles. The van der Waals surface area contributed by atoms with Gasteiger partial charge >= 0.3 is 6.36 Å². The molecule has 0 unspecified atom stereocenters. The molecule has 2 nitrogen and oxygen atoms in total. The van der Waals surface area contributed by atoms with Crippen LogP contribution in [0.2, 0.25) is 0 Å². The highest BCUT2D eigenvalue weighted by atomic mass is 79.9. The van der Waals surface area contributed by atoms with Gasteiger partial charge in [0, 0.05) is 18.1 Å². The fourth-order valence-electron chi connectivity index (χ4n) is 1.20. The Morgan fingerprint density at radius 1 is 1.22 bits per heavy atom. The first-order valence-electron chi connectivity index (χ1n) is 6.59. The molecular formula is C16H20Br2F3NO. The van der Waals surface area contributed by atoms with Crippen LogP contribution in [0.25, 0.3) is 0 Å². The van der Waals surface area contributed by atoms with Gasteiger partial charge < -0.3 is 9.64 Å². The maximum Gasteiger partial charge on any atom is 0.573 e. The van der Waals surface area contributed by atoms with E-state index in [1.54, 1.807) is 24.1 Å². The van der Waals surface area contributed by atoms with Crippen LogP contribution in [0, 0.1) is 12.8 Å². The van der Waals surface area contributed by atoms with Crippen LogP contribution in [0.3, 0.4) is 0 Å². The summed E-state index contributed by atoms with van der Waals surface area (Å²) >= 11 is 6.61. The zero-order valence-corrected chi connectivity index (χ0v) is 16.4. The summed E-state index contributed by atoms with van der Waals surface area (Å²) in [6.07, 6.45) is 6.46. The molecule has 0 aliphatic heterocycles. The van der Waals surface area contributed by atoms with Crippen molar-refractivity contribution >= 4 is 37.5 Å². The Morgan fingerprint density at radius 2 is 1.65 bits per heavy atom. The van der Waals surface area contributed by atoms with Gasteiger partial charge in [0.05, 0.1) is 4.61 Å². The van der Waals surface area contributed by atoms with Crippen molar-refractivity contribution in [2.24, 2.45) is 0 Å². The number of ether oxygens (including phenoxy) is 1. The molecule has 0 bridgehead atoms. The SMILES string of the molecule is C#C.CCC.CN(/C(Br)=C\CBr)c1ccc(OC(F)(F)F)cc1. The molecule has 7 heteroatoms. The van der Waals surface area contributed by atoms with E-state index >= 15 is 0 Å². The number of rotatable bonds is 4. The molecule has 0 heterocycles. The number of terminal acetylenes is 1. The summed E-state index contributed by atoms with van der Waals surface area (Å²) < 4.78 is 40.5. The molecule has 0 aromatic heterocycles. The first kappa shape index (κ1) is 24.1. The molecule has 0 spiro atoms. The van der Waals surface area contributed by atoms with Gasteiger partial charge in [0.1, 0.15) is 5.75 Å². The molecule has 0 N–H and O–H groups in total. The van der Waals surface area contributed by atoms with E-state index in [4.69, 9.17) is 0 Å². The van der Waals surface area contributed by atoms with E-state index in [0.29, 0.717) is 5.33 Å². The van der Waals surface area contributed by atoms with Crippen LogP contribution in [0.4, 0.5) is 18.9 Å². The van der Waals surface area contributed by atoms with Crippen LogP contribution in [0.1, 0.15) is 20.3 Å². The Balaban J connectivity index is 0. The molecule has 0 saturated carbocycles. The number of allylic oxidation sites excluding steroid dienone is 1. The predicted molar refractivity (Wildman–Crippen MR) is 98.2 cm³/mol. The lowest BCUT2D eigenvalue weighted by Crippen LogP contribution is -2.17. The van der Waals surface area contributed by atoms with E-state index in [-0.39, 0.29) is 5.75 Å². The first-order chi connectivity index (χ1) is 10.7. The maximum absolute atomic E-state index is 12.0. The maximum atomic E-state index is 12.0. The third kappa shape index (κ3) is 12.0. The van der Waals surface area contributed by atoms with Gasteiger partial charge in [0.25, 0.3) is 0 Å². The number of anilines is 1. The van der Waals surface area contributed by atoms with E-state index in [1.807, 2.05) is 6.08 Å². The summed E-state index contributed by atoms with van der Waals surface area (Å²) in [7, 11) is 1.79. The van der Waals surface area contributed by atoms with E-state index in [0.717, 1.165) is 10.3 Å². The molecular weight excluding hydrogens is 439 g/mol. The van der Waals surface area contributed by atoms with Crippen LogP contribution in [0.5, 0.6) is 5.75 Å². The highest BCUT2D eigenvalue weighted by Crippen LogP contribution is 2.27. The third-order valence-corrected chi connectivity index (χ3v) is 3.20. The minimum absolute atomic E-state index is 0.236. The van der Waals surface area contributed by atoms with Gasteiger partial charge in [-0.1, -0.05) is 36.2 Å². The highest BCUT2D eigenvalue weighted by molar-refractivity contribution is 9.12. The average Bonchev–Trinajstić information content (AvgIpc) is 2.49. The van der Waals surface area contributed by atoms with Gasteiger partial charge in [-0.25, -0.2) is 0 Å². The van der Waals surface area contributed by atoms with Gasteiger partial charge in [0.15, 0.2) is 0 Å². The Kier molecular flexibility index (Phi) is 14.0. The van der Waals surface area contributed by atoms with Gasteiger partial charge in [-0.05, 0) is 46.3 Å². The lowest BCUT2D eigenvalue weighted by atomic mass is 10.3. The second-order valence-corrected chi connectivity index (χ2v) is 5.45. The molecule has 0 radical (unpaired) electrons. The quantitative estimate of drug-likeness (QED) is 0.297. The van der Waals surface area contributed by atoms with Crippen LogP contribution in [-0.2, 0) is 0 Å². The van der Waals surface area contributed by atoms with Gasteiger partial charge in [-0.3, -0.25) is 0 Å². The molecule has 1 rings (SSSR count). The summed E-state index contributed by atoms with van der Waals surface area (Å²) in [6, 6.07) is 5.64. The zero-order chi connectivity index (χ0) is 18.5. The number of nitrogens with zero attached hydrogens (tertiary/aromatic N) is 1. The van der Waals surface area contributed by atoms with E-state index in [2.05, 4.69) is 63.3 Å².